The van der Waals surface area contributed by atoms with Crippen LogP contribution in [0.1, 0.15) is 0 Å². The van der Waals surface area contributed by atoms with E-state index < -0.39 is 0 Å². The van der Waals surface area contributed by atoms with E-state index in [1.165, 1.54) is 78.8 Å². The van der Waals surface area contributed by atoms with E-state index in [0.29, 0.717) is 0 Å². The fourth-order valence-corrected chi connectivity index (χ4v) is 11.3. The number of rotatable bonds is 4. The third-order valence-corrected chi connectivity index (χ3v) is 13.9. The van der Waals surface area contributed by atoms with Crippen LogP contribution in [0.4, 0.5) is 0 Å². The van der Waals surface area contributed by atoms with E-state index in [4.69, 9.17) is 9.97 Å². The summed E-state index contributed by atoms with van der Waals surface area (Å²) in [5, 5.41) is 11.1. The van der Waals surface area contributed by atoms with Crippen molar-refractivity contribution in [3.05, 3.63) is 182 Å². The second-order valence-corrected chi connectivity index (χ2v) is 16.5. The number of hydrogen-bond acceptors (Lipinski definition) is 4. The number of hydrogen-bond donors (Lipinski definition) is 0. The Bertz CT molecular complexity index is 3500. The molecule has 0 saturated carbocycles. The SMILES string of the molecule is c1cc(-c2ccc(-c3cccc4c3sc3c(-c5cccc6c5sc5ccccc56)cccc34)cc2)cc(-c2ncc3c4ccccc4c4ccccc4c3n2)c1. The van der Waals surface area contributed by atoms with Crippen molar-refractivity contribution in [3.8, 4) is 44.8 Å². The number of nitrogens with zero attached hydrogens (tertiary/aromatic N) is 2. The van der Waals surface area contributed by atoms with Crippen molar-refractivity contribution >= 4 is 95.5 Å². The molecule has 12 aromatic rings. The summed E-state index contributed by atoms with van der Waals surface area (Å²) in [7, 11) is 0. The first kappa shape index (κ1) is 31.6. The molecule has 3 heterocycles. The lowest BCUT2D eigenvalue weighted by molar-refractivity contribution is 1.23. The standard InChI is InChI=1S/C52H30N2S2/c1-2-15-38-36(13-1)37-14-3-4-17-40(37)48-46(38)30-53-52(54-48)34-12-7-11-33(29-34)31-25-27-32(28-26-31)35-18-8-20-42-44-22-10-23-45(51(44)56-49(35)42)43-21-9-19-41-39-16-5-6-24-47(39)55-50(41)43/h1-30H. The zero-order valence-electron chi connectivity index (χ0n) is 30.0. The molecule has 0 fully saturated rings. The van der Waals surface area contributed by atoms with Crippen molar-refractivity contribution < 1.29 is 0 Å². The molecule has 2 nitrogen and oxygen atoms in total. The third kappa shape index (κ3) is 4.80. The van der Waals surface area contributed by atoms with Gasteiger partial charge in [-0.25, -0.2) is 9.97 Å². The first-order valence-electron chi connectivity index (χ1n) is 18.9. The Balaban J connectivity index is 0.925. The van der Waals surface area contributed by atoms with E-state index in [0.717, 1.165) is 38.8 Å². The van der Waals surface area contributed by atoms with Gasteiger partial charge in [0.1, 0.15) is 0 Å². The lowest BCUT2D eigenvalue weighted by atomic mass is 9.97. The lowest BCUT2D eigenvalue weighted by Crippen LogP contribution is -1.93. The summed E-state index contributed by atoms with van der Waals surface area (Å²) >= 11 is 3.81. The summed E-state index contributed by atoms with van der Waals surface area (Å²) in [6.45, 7) is 0. The van der Waals surface area contributed by atoms with E-state index >= 15 is 0 Å². The summed E-state index contributed by atoms with van der Waals surface area (Å²) < 4.78 is 5.35. The molecular formula is C52H30N2S2. The maximum atomic E-state index is 5.20. The van der Waals surface area contributed by atoms with Crippen LogP contribution in [0.5, 0.6) is 0 Å². The Kier molecular flexibility index (Phi) is 7.00. The largest absolute Gasteiger partial charge is 0.236 e. The van der Waals surface area contributed by atoms with Gasteiger partial charge >= 0.3 is 0 Å². The van der Waals surface area contributed by atoms with E-state index in [1.54, 1.807) is 0 Å². The van der Waals surface area contributed by atoms with Gasteiger partial charge in [-0.3, -0.25) is 0 Å². The van der Waals surface area contributed by atoms with Crippen LogP contribution in [0, 0.1) is 0 Å². The molecule has 0 unspecified atom stereocenters. The van der Waals surface area contributed by atoms with Gasteiger partial charge < -0.3 is 0 Å². The van der Waals surface area contributed by atoms with Crippen molar-refractivity contribution in [1.82, 2.24) is 9.97 Å². The molecule has 0 N–H and O–H groups in total. The number of aromatic nitrogens is 2. The third-order valence-electron chi connectivity index (χ3n) is 11.3. The summed E-state index contributed by atoms with van der Waals surface area (Å²) in [5.74, 6) is 0.732. The Morgan fingerprint density at radius 1 is 0.321 bits per heavy atom. The van der Waals surface area contributed by atoms with E-state index in [2.05, 4.69) is 176 Å². The first-order valence-corrected chi connectivity index (χ1v) is 20.5. The Labute approximate surface area is 330 Å². The minimum atomic E-state index is 0.732. The molecular weight excluding hydrogens is 717 g/mol. The molecule has 0 radical (unpaired) electrons. The predicted octanol–water partition coefficient (Wildman–Crippen LogP) is 15.3. The van der Waals surface area contributed by atoms with Crippen LogP contribution in [0.25, 0.3) is 118 Å². The van der Waals surface area contributed by atoms with Crippen LogP contribution in [-0.2, 0) is 0 Å². The molecule has 0 aliphatic carbocycles. The van der Waals surface area contributed by atoms with Crippen LogP contribution in [0.15, 0.2) is 182 Å². The highest BCUT2D eigenvalue weighted by Crippen LogP contribution is 2.47. The molecule has 4 heteroatoms. The quantitative estimate of drug-likeness (QED) is 0.168. The van der Waals surface area contributed by atoms with Gasteiger partial charge in [0.25, 0.3) is 0 Å². The molecule has 0 atom stereocenters. The van der Waals surface area contributed by atoms with Crippen LogP contribution in [0.3, 0.4) is 0 Å². The average Bonchev–Trinajstić information content (AvgIpc) is 3.86. The van der Waals surface area contributed by atoms with Crippen molar-refractivity contribution in [3.63, 3.8) is 0 Å². The maximum absolute atomic E-state index is 5.20. The van der Waals surface area contributed by atoms with Crippen LogP contribution < -0.4 is 0 Å². The molecule has 0 bridgehead atoms. The van der Waals surface area contributed by atoms with E-state index in [-0.39, 0.29) is 0 Å². The smallest absolute Gasteiger partial charge is 0.159 e. The lowest BCUT2D eigenvalue weighted by Gasteiger charge is -2.11. The predicted molar refractivity (Wildman–Crippen MR) is 242 cm³/mol. The van der Waals surface area contributed by atoms with Gasteiger partial charge in [-0.1, -0.05) is 164 Å². The number of thiophene rings is 2. The van der Waals surface area contributed by atoms with Crippen LogP contribution in [0.2, 0.25) is 0 Å². The number of fused-ring (bicyclic) bond motifs is 12. The van der Waals surface area contributed by atoms with Gasteiger partial charge in [-0.05, 0) is 50.5 Å². The minimum absolute atomic E-state index is 0.732. The minimum Gasteiger partial charge on any atom is -0.236 e. The van der Waals surface area contributed by atoms with Gasteiger partial charge in [0.05, 0.1) is 5.52 Å². The van der Waals surface area contributed by atoms with Gasteiger partial charge in [-0.15, -0.1) is 22.7 Å². The zero-order chi connectivity index (χ0) is 36.7. The summed E-state index contributed by atoms with van der Waals surface area (Å²) in [5.41, 5.74) is 9.38. The van der Waals surface area contributed by atoms with Crippen LogP contribution >= 0.6 is 22.7 Å². The molecule has 260 valence electrons. The van der Waals surface area contributed by atoms with Crippen molar-refractivity contribution in [2.24, 2.45) is 0 Å². The fraction of sp³-hybridized carbons (Fsp3) is 0. The number of benzene rings is 9. The Morgan fingerprint density at radius 2 is 0.821 bits per heavy atom. The second-order valence-electron chi connectivity index (χ2n) is 14.5. The molecule has 12 rings (SSSR count). The Morgan fingerprint density at radius 3 is 1.55 bits per heavy atom. The highest BCUT2D eigenvalue weighted by molar-refractivity contribution is 7.27. The van der Waals surface area contributed by atoms with Gasteiger partial charge in [0.2, 0.25) is 0 Å². The molecule has 0 aliphatic rings. The molecule has 9 aromatic carbocycles. The van der Waals surface area contributed by atoms with Crippen molar-refractivity contribution in [2.45, 2.75) is 0 Å². The topological polar surface area (TPSA) is 25.8 Å². The summed E-state index contributed by atoms with van der Waals surface area (Å²) in [6, 6.07) is 63.8. The molecule has 0 spiro atoms. The zero-order valence-corrected chi connectivity index (χ0v) is 31.7. The normalized spacial score (nSPS) is 11.9. The summed E-state index contributed by atoms with van der Waals surface area (Å²) in [6.07, 6.45) is 2.00. The van der Waals surface area contributed by atoms with Crippen LogP contribution in [-0.4, -0.2) is 9.97 Å². The maximum Gasteiger partial charge on any atom is 0.159 e. The highest BCUT2D eigenvalue weighted by atomic mass is 32.1. The average molecular weight is 747 g/mol. The van der Waals surface area contributed by atoms with Gasteiger partial charge in [0.15, 0.2) is 5.82 Å². The van der Waals surface area contributed by atoms with Crippen molar-refractivity contribution in [2.75, 3.05) is 0 Å². The van der Waals surface area contributed by atoms with E-state index in [1.807, 2.05) is 28.9 Å². The molecule has 56 heavy (non-hydrogen) atoms. The second kappa shape index (κ2) is 12.4. The fourth-order valence-electron chi connectivity index (χ4n) is 8.70. The summed E-state index contributed by atoms with van der Waals surface area (Å²) in [4.78, 5) is 10.1. The molecule has 0 aliphatic heterocycles. The molecule has 3 aromatic heterocycles. The molecule has 0 amide bonds. The Hall–Kier alpha value is -6.72. The highest BCUT2D eigenvalue weighted by Gasteiger charge is 2.17. The van der Waals surface area contributed by atoms with E-state index in [9.17, 15) is 0 Å². The van der Waals surface area contributed by atoms with Gasteiger partial charge in [-0.2, -0.15) is 0 Å². The first-order chi connectivity index (χ1) is 27.8. The monoisotopic (exact) mass is 746 g/mol. The van der Waals surface area contributed by atoms with Gasteiger partial charge in [0, 0.05) is 74.0 Å². The van der Waals surface area contributed by atoms with Crippen molar-refractivity contribution in [1.29, 1.82) is 0 Å². The molecule has 0 saturated heterocycles.